The van der Waals surface area contributed by atoms with E-state index in [-0.39, 0.29) is 16.9 Å². The molecule has 5 nitrogen and oxygen atoms in total. The summed E-state index contributed by atoms with van der Waals surface area (Å²) in [4.78, 5) is 25.1. The Morgan fingerprint density at radius 2 is 2.12 bits per heavy atom. The van der Waals surface area contributed by atoms with Crippen LogP contribution in [0.4, 0.5) is 5.69 Å². The summed E-state index contributed by atoms with van der Waals surface area (Å²) >= 11 is 7.36. The van der Waals surface area contributed by atoms with Crippen molar-refractivity contribution in [1.29, 1.82) is 5.26 Å². The van der Waals surface area contributed by atoms with Gasteiger partial charge in [-0.2, -0.15) is 5.26 Å². The van der Waals surface area contributed by atoms with Gasteiger partial charge in [0.1, 0.15) is 11.3 Å². The highest BCUT2D eigenvalue weighted by Crippen LogP contribution is 2.37. The average Bonchev–Trinajstić information content (AvgIpc) is 3.04. The van der Waals surface area contributed by atoms with Crippen molar-refractivity contribution in [3.63, 3.8) is 0 Å². The van der Waals surface area contributed by atoms with Crippen LogP contribution in [0.15, 0.2) is 47.4 Å². The summed E-state index contributed by atoms with van der Waals surface area (Å²) in [6.07, 6.45) is 0.604. The molecule has 126 valence electrons. The summed E-state index contributed by atoms with van der Waals surface area (Å²) in [5.41, 5.74) is 1.88. The van der Waals surface area contributed by atoms with E-state index in [0.29, 0.717) is 17.7 Å². The number of nitrogens with one attached hydrogen (secondary N) is 1. The molecule has 2 aromatic rings. The summed E-state index contributed by atoms with van der Waals surface area (Å²) in [6.45, 7) is -0.371. The number of anilines is 1. The van der Waals surface area contributed by atoms with E-state index in [1.807, 2.05) is 30.3 Å². The van der Waals surface area contributed by atoms with E-state index >= 15 is 0 Å². The van der Waals surface area contributed by atoms with E-state index in [0.717, 1.165) is 10.5 Å². The maximum Gasteiger partial charge on any atom is 0.320 e. The van der Waals surface area contributed by atoms with Gasteiger partial charge in [0.05, 0.1) is 10.6 Å². The lowest BCUT2D eigenvalue weighted by atomic mass is 10.1. The van der Waals surface area contributed by atoms with Gasteiger partial charge >= 0.3 is 5.97 Å². The Kier molecular flexibility index (Phi) is 5.27. The fourth-order valence-corrected chi connectivity index (χ4v) is 3.84. The smallest absolute Gasteiger partial charge is 0.320 e. The lowest BCUT2D eigenvalue weighted by molar-refractivity contribution is -0.146. The Labute approximate surface area is 153 Å². The summed E-state index contributed by atoms with van der Waals surface area (Å²) < 4.78 is 5.11. The Balaban J connectivity index is 1.50. The van der Waals surface area contributed by atoms with E-state index in [1.165, 1.54) is 23.9 Å². The number of rotatable bonds is 4. The molecule has 0 radical (unpaired) electrons. The number of nitriles is 1. The van der Waals surface area contributed by atoms with Crippen LogP contribution in [-0.4, -0.2) is 23.7 Å². The molecule has 1 aliphatic heterocycles. The third-order valence-electron chi connectivity index (χ3n) is 3.63. The van der Waals surface area contributed by atoms with Crippen molar-refractivity contribution >= 4 is 40.9 Å². The summed E-state index contributed by atoms with van der Waals surface area (Å²) in [7, 11) is 0. The predicted octanol–water partition coefficient (Wildman–Crippen LogP) is 3.41. The van der Waals surface area contributed by atoms with E-state index in [2.05, 4.69) is 5.32 Å². The van der Waals surface area contributed by atoms with E-state index in [4.69, 9.17) is 21.6 Å². The minimum Gasteiger partial charge on any atom is -0.455 e. The van der Waals surface area contributed by atoms with Crippen molar-refractivity contribution in [3.05, 3.63) is 58.6 Å². The second kappa shape index (κ2) is 7.60. The van der Waals surface area contributed by atoms with Gasteiger partial charge in [-0.05, 0) is 36.2 Å². The zero-order valence-electron chi connectivity index (χ0n) is 13.0. The Bertz CT molecular complexity index is 854. The molecule has 0 fully saturated rings. The first-order chi connectivity index (χ1) is 12.1. The molecule has 1 atom stereocenters. The number of hydrogen-bond acceptors (Lipinski definition) is 5. The molecule has 0 bridgehead atoms. The molecule has 0 saturated carbocycles. The van der Waals surface area contributed by atoms with Gasteiger partial charge in [-0.15, -0.1) is 11.8 Å². The maximum absolute atomic E-state index is 12.1. The molecule has 25 heavy (non-hydrogen) atoms. The Morgan fingerprint density at radius 1 is 1.32 bits per heavy atom. The van der Waals surface area contributed by atoms with Crippen LogP contribution in [0.3, 0.4) is 0 Å². The summed E-state index contributed by atoms with van der Waals surface area (Å²) in [5, 5.41) is 11.3. The molecule has 1 N–H and O–H groups in total. The number of carbonyl (C=O) groups is 2. The molecule has 0 aliphatic carbocycles. The van der Waals surface area contributed by atoms with Gasteiger partial charge in [0.25, 0.3) is 5.91 Å². The average molecular weight is 373 g/mol. The first-order valence-corrected chi connectivity index (χ1v) is 8.73. The Hall–Kier alpha value is -2.49. The zero-order valence-corrected chi connectivity index (χ0v) is 14.6. The number of esters is 1. The number of hydrogen-bond donors (Lipinski definition) is 1. The van der Waals surface area contributed by atoms with Crippen LogP contribution in [0, 0.1) is 11.3 Å². The highest BCUT2D eigenvalue weighted by atomic mass is 35.5. The molecule has 3 rings (SSSR count). The third-order valence-corrected chi connectivity index (χ3v) is 5.24. The number of halogens is 1. The number of amides is 1. The van der Waals surface area contributed by atoms with Crippen LogP contribution in [0.1, 0.15) is 11.1 Å². The van der Waals surface area contributed by atoms with Gasteiger partial charge in [-0.25, -0.2) is 0 Å². The molecule has 0 spiro atoms. The lowest BCUT2D eigenvalue weighted by Crippen LogP contribution is -2.26. The van der Waals surface area contributed by atoms with Crippen molar-refractivity contribution in [2.75, 3.05) is 11.9 Å². The van der Waals surface area contributed by atoms with Gasteiger partial charge in [0, 0.05) is 10.6 Å². The molecular formula is C18H13ClN2O3S. The van der Waals surface area contributed by atoms with Crippen LogP contribution >= 0.6 is 23.4 Å². The number of carbonyl (C=O) groups excluding carboxylic acids is 2. The van der Waals surface area contributed by atoms with E-state index < -0.39 is 11.9 Å². The van der Waals surface area contributed by atoms with Gasteiger partial charge < -0.3 is 10.1 Å². The van der Waals surface area contributed by atoms with Gasteiger partial charge in [0.15, 0.2) is 6.61 Å². The predicted molar refractivity (Wildman–Crippen MR) is 95.5 cm³/mol. The number of fused-ring (bicyclic) bond motifs is 1. The van der Waals surface area contributed by atoms with Crippen molar-refractivity contribution in [2.45, 2.75) is 16.6 Å². The molecule has 2 aromatic carbocycles. The largest absolute Gasteiger partial charge is 0.455 e. The molecular weight excluding hydrogens is 360 g/mol. The first-order valence-electron chi connectivity index (χ1n) is 7.47. The van der Waals surface area contributed by atoms with Gasteiger partial charge in [-0.1, -0.05) is 29.8 Å². The summed E-state index contributed by atoms with van der Waals surface area (Å²) in [5.74, 6) is -0.871. The molecule has 1 amide bonds. The molecule has 1 unspecified atom stereocenters. The van der Waals surface area contributed by atoms with Crippen molar-refractivity contribution in [1.82, 2.24) is 0 Å². The number of ether oxygens (including phenoxy) is 1. The van der Waals surface area contributed by atoms with Crippen LogP contribution < -0.4 is 5.32 Å². The van der Waals surface area contributed by atoms with E-state index in [1.54, 1.807) is 6.07 Å². The van der Waals surface area contributed by atoms with Crippen molar-refractivity contribution in [3.8, 4) is 6.07 Å². The van der Waals surface area contributed by atoms with Gasteiger partial charge in [0.2, 0.25) is 0 Å². The van der Waals surface area contributed by atoms with Crippen LogP contribution in [-0.2, 0) is 20.7 Å². The highest BCUT2D eigenvalue weighted by molar-refractivity contribution is 8.01. The van der Waals surface area contributed by atoms with Crippen LogP contribution in [0.2, 0.25) is 5.02 Å². The maximum atomic E-state index is 12.1. The van der Waals surface area contributed by atoms with Crippen molar-refractivity contribution < 1.29 is 14.3 Å². The molecule has 1 aliphatic rings. The zero-order chi connectivity index (χ0) is 17.8. The second-order valence-corrected chi connectivity index (χ2v) is 7.03. The normalized spacial score (nSPS) is 15.1. The quantitative estimate of drug-likeness (QED) is 0.832. The standard InChI is InChI=1S/C18H13ClN2O3S/c19-14-8-13(6-5-12(14)9-20)21-17(22)10-24-18(23)16-7-11-3-1-2-4-15(11)25-16/h1-6,8,16H,7,10H2,(H,21,22). The van der Waals surface area contributed by atoms with Crippen molar-refractivity contribution in [2.24, 2.45) is 0 Å². The van der Waals surface area contributed by atoms with Gasteiger partial charge in [-0.3, -0.25) is 9.59 Å². The monoisotopic (exact) mass is 372 g/mol. The number of thioether (sulfide) groups is 1. The SMILES string of the molecule is N#Cc1ccc(NC(=O)COC(=O)C2Cc3ccccc3S2)cc1Cl. The van der Waals surface area contributed by atoms with Crippen LogP contribution in [0.25, 0.3) is 0 Å². The Morgan fingerprint density at radius 3 is 2.84 bits per heavy atom. The molecule has 0 saturated heterocycles. The molecule has 1 heterocycles. The number of nitrogens with zero attached hydrogens (tertiary/aromatic N) is 1. The first kappa shape index (κ1) is 17.3. The fourth-order valence-electron chi connectivity index (χ4n) is 2.42. The minimum atomic E-state index is -0.463. The highest BCUT2D eigenvalue weighted by Gasteiger charge is 2.29. The fraction of sp³-hybridized carbons (Fsp3) is 0.167. The molecule has 7 heteroatoms. The minimum absolute atomic E-state index is 0.248. The second-order valence-electron chi connectivity index (χ2n) is 5.38. The third kappa shape index (κ3) is 4.13. The molecule has 0 aromatic heterocycles. The number of benzene rings is 2. The van der Waals surface area contributed by atoms with E-state index in [9.17, 15) is 9.59 Å². The van der Waals surface area contributed by atoms with Crippen LogP contribution in [0.5, 0.6) is 0 Å². The lowest BCUT2D eigenvalue weighted by Gasteiger charge is -2.10. The topological polar surface area (TPSA) is 79.2 Å². The summed E-state index contributed by atoms with van der Waals surface area (Å²) in [6, 6.07) is 14.3.